The third kappa shape index (κ3) is 7.68. The van der Waals surface area contributed by atoms with Gasteiger partial charge in [0.1, 0.15) is 11.4 Å². The number of aliphatic carboxylic acids is 2. The number of halogens is 5. The third-order valence-electron chi connectivity index (χ3n) is 6.90. The van der Waals surface area contributed by atoms with Crippen LogP contribution >= 0.6 is 11.8 Å². The van der Waals surface area contributed by atoms with Crippen LogP contribution in [0.15, 0.2) is 65.6 Å². The van der Waals surface area contributed by atoms with Crippen LogP contribution in [0.4, 0.5) is 27.6 Å². The molecule has 2 fully saturated rings. The summed E-state index contributed by atoms with van der Waals surface area (Å²) >= 11 is 1.35. The predicted molar refractivity (Wildman–Crippen MR) is 147 cm³/mol. The molecule has 5 rings (SSSR count). The Hall–Kier alpha value is -4.84. The lowest BCUT2D eigenvalue weighted by molar-refractivity contribution is -0.684. The fourth-order valence-electron chi connectivity index (χ4n) is 4.66. The number of nitrogens with one attached hydrogen (secondary N) is 1. The first-order valence-corrected chi connectivity index (χ1v) is 14.3. The number of pyridine rings is 1. The molecule has 0 radical (unpaired) electrons. The molecule has 0 spiro atoms. The number of anilines is 1. The minimum atomic E-state index is -5.08. The maximum absolute atomic E-state index is 13.3. The molecule has 0 saturated carbocycles. The molecule has 244 valence electrons. The molecule has 12 nitrogen and oxygen atoms in total. The molecule has 1 aromatic carbocycles. The van der Waals surface area contributed by atoms with Gasteiger partial charge in [0.15, 0.2) is 24.0 Å². The van der Waals surface area contributed by atoms with Crippen molar-refractivity contribution in [1.29, 1.82) is 0 Å². The lowest BCUT2D eigenvalue weighted by Crippen LogP contribution is -2.69. The Morgan fingerprint density at radius 3 is 2.37 bits per heavy atom. The molecule has 18 heteroatoms. The molecule has 3 amide bonds. The summed E-state index contributed by atoms with van der Waals surface area (Å²) in [4.78, 5) is 60.8. The number of hydrogen-bond acceptors (Lipinski definition) is 8. The summed E-state index contributed by atoms with van der Waals surface area (Å²) in [6.45, 7) is 0.683. The van der Waals surface area contributed by atoms with Crippen LogP contribution in [0.5, 0.6) is 0 Å². The monoisotopic (exact) mass is 669 g/mol. The van der Waals surface area contributed by atoms with E-state index >= 15 is 0 Å². The van der Waals surface area contributed by atoms with Crippen LogP contribution in [-0.2, 0) is 37.1 Å². The summed E-state index contributed by atoms with van der Waals surface area (Å²) in [6, 6.07) is 5.86. The largest absolute Gasteiger partial charge is 0.543 e. The minimum absolute atomic E-state index is 0.0615. The van der Waals surface area contributed by atoms with Gasteiger partial charge < -0.3 is 31.0 Å². The number of aromatic nitrogens is 1. The molecule has 2 atom stereocenters. The lowest BCUT2D eigenvalue weighted by atomic mass is 10.0. The highest BCUT2D eigenvalue weighted by atomic mass is 32.2. The number of β-lactam (4-membered cyclic amide) rings is 1. The van der Waals surface area contributed by atoms with E-state index in [1.165, 1.54) is 17.8 Å². The van der Waals surface area contributed by atoms with Gasteiger partial charge in [0, 0.05) is 48.3 Å². The van der Waals surface area contributed by atoms with Crippen LogP contribution in [0.2, 0.25) is 0 Å². The molecule has 46 heavy (non-hydrogen) atoms. The Morgan fingerprint density at radius 2 is 1.78 bits per heavy atom. The second kappa shape index (κ2) is 13.7. The third-order valence-corrected chi connectivity index (χ3v) is 8.22. The molecule has 2 aromatic rings. The zero-order valence-electron chi connectivity index (χ0n) is 23.4. The van der Waals surface area contributed by atoms with Gasteiger partial charge in [-0.25, -0.2) is 13.6 Å². The number of nitrogens with zero attached hydrogens (tertiary/aromatic N) is 3. The SMILES string of the molecule is N[C@@H]1C(=O)N2C(C(=O)[O-])=C(/C=C3\CCN(Cc4cc[n+](CC(=O)Nc5ccc(F)c(F)c5)cc4)C3=O)CS[C@H]12.O=C(O)C(F)(F)F. The Balaban J connectivity index is 0.000000617. The van der Waals surface area contributed by atoms with E-state index in [2.05, 4.69) is 5.32 Å². The van der Waals surface area contributed by atoms with Crippen molar-refractivity contribution in [3.05, 3.63) is 82.8 Å². The van der Waals surface area contributed by atoms with E-state index in [9.17, 15) is 46.2 Å². The number of carbonyl (C=O) groups excluding carboxylic acids is 4. The van der Waals surface area contributed by atoms with Crippen molar-refractivity contribution in [1.82, 2.24) is 9.80 Å². The first kappa shape index (κ1) is 34.0. The summed E-state index contributed by atoms with van der Waals surface area (Å²) in [7, 11) is 0. The van der Waals surface area contributed by atoms with E-state index in [1.54, 1.807) is 40.1 Å². The van der Waals surface area contributed by atoms with Crippen molar-refractivity contribution in [3.63, 3.8) is 0 Å². The van der Waals surface area contributed by atoms with Gasteiger partial charge in [0.05, 0.1) is 11.7 Å². The smallest absolute Gasteiger partial charge is 0.490 e. The number of hydrogen-bond donors (Lipinski definition) is 3. The Bertz CT molecular complexity index is 1650. The summed E-state index contributed by atoms with van der Waals surface area (Å²) in [5.74, 6) is -7.15. The number of carboxylic acids is 2. The number of amides is 3. The maximum Gasteiger partial charge on any atom is 0.490 e. The summed E-state index contributed by atoms with van der Waals surface area (Å²) in [5.41, 5.74) is 7.28. The molecular weight excluding hydrogens is 645 g/mol. The van der Waals surface area contributed by atoms with Crippen molar-refractivity contribution in [2.24, 2.45) is 5.73 Å². The van der Waals surface area contributed by atoms with E-state index in [1.807, 2.05) is 0 Å². The molecule has 0 bridgehead atoms. The first-order chi connectivity index (χ1) is 21.6. The number of rotatable bonds is 7. The van der Waals surface area contributed by atoms with Gasteiger partial charge in [-0.2, -0.15) is 17.7 Å². The van der Waals surface area contributed by atoms with E-state index in [-0.39, 0.29) is 23.8 Å². The second-order valence-corrected chi connectivity index (χ2v) is 11.2. The van der Waals surface area contributed by atoms with Gasteiger partial charge in [0.25, 0.3) is 5.91 Å². The van der Waals surface area contributed by atoms with E-state index in [4.69, 9.17) is 15.6 Å². The maximum atomic E-state index is 13.3. The van der Waals surface area contributed by atoms with Gasteiger partial charge in [0.2, 0.25) is 18.4 Å². The van der Waals surface area contributed by atoms with Crippen LogP contribution in [0, 0.1) is 11.6 Å². The summed E-state index contributed by atoms with van der Waals surface area (Å²) < 4.78 is 59.7. The normalized spacial score (nSPS) is 20.2. The van der Waals surface area contributed by atoms with Crippen molar-refractivity contribution in [2.45, 2.75) is 37.1 Å². The highest BCUT2D eigenvalue weighted by Gasteiger charge is 2.50. The number of thioether (sulfide) groups is 1. The minimum Gasteiger partial charge on any atom is -0.543 e. The van der Waals surface area contributed by atoms with Crippen LogP contribution in [0.25, 0.3) is 0 Å². The average molecular weight is 670 g/mol. The molecule has 3 aliphatic rings. The number of benzene rings is 1. The lowest BCUT2D eigenvalue weighted by Gasteiger charge is -2.49. The van der Waals surface area contributed by atoms with Crippen molar-refractivity contribution >= 4 is 47.1 Å². The molecular formula is C28H24F5N5O7S. The fraction of sp³-hybridized carbons (Fsp3) is 0.286. The van der Waals surface area contributed by atoms with Crippen LogP contribution in [0.1, 0.15) is 12.0 Å². The molecule has 4 N–H and O–H groups in total. The average Bonchev–Trinajstić information content (AvgIpc) is 3.33. The van der Waals surface area contributed by atoms with Crippen molar-refractivity contribution < 1.29 is 60.7 Å². The quantitative estimate of drug-likeness (QED) is 0.163. The van der Waals surface area contributed by atoms with Gasteiger partial charge >= 0.3 is 12.1 Å². The van der Waals surface area contributed by atoms with E-state index in [0.29, 0.717) is 36.4 Å². The van der Waals surface area contributed by atoms with Crippen molar-refractivity contribution in [3.8, 4) is 0 Å². The zero-order chi connectivity index (χ0) is 33.9. The van der Waals surface area contributed by atoms with Gasteiger partial charge in [-0.15, -0.1) is 11.8 Å². The zero-order valence-corrected chi connectivity index (χ0v) is 24.2. The van der Waals surface area contributed by atoms with Crippen LogP contribution in [-0.4, -0.2) is 74.5 Å². The molecule has 1 aromatic heterocycles. The van der Waals surface area contributed by atoms with Gasteiger partial charge in [-0.1, -0.05) is 0 Å². The number of carboxylic acid groups (broad SMARTS) is 2. The topological polar surface area (TPSA) is 177 Å². The molecule has 2 saturated heterocycles. The molecule has 0 unspecified atom stereocenters. The summed E-state index contributed by atoms with van der Waals surface area (Å²) in [5, 5.41) is 21.0. The number of alkyl halides is 3. The number of likely N-dealkylation sites (tertiary alicyclic amines) is 1. The first-order valence-electron chi connectivity index (χ1n) is 13.2. The number of fused-ring (bicyclic) bond motifs is 1. The number of nitrogens with two attached hydrogens (primary N) is 1. The second-order valence-electron chi connectivity index (χ2n) is 10.1. The van der Waals surface area contributed by atoms with E-state index in [0.717, 1.165) is 22.6 Å². The fourth-order valence-corrected chi connectivity index (χ4v) is 5.91. The highest BCUT2D eigenvalue weighted by molar-refractivity contribution is 8.00. The van der Waals surface area contributed by atoms with Crippen LogP contribution in [0.3, 0.4) is 0 Å². The Morgan fingerprint density at radius 1 is 1.13 bits per heavy atom. The van der Waals surface area contributed by atoms with Crippen molar-refractivity contribution in [2.75, 3.05) is 17.6 Å². The highest BCUT2D eigenvalue weighted by Crippen LogP contribution is 2.40. The standard InChI is InChI=1S/C26H23F2N5O5S.C2HF3O2/c27-18-2-1-17(10-19(18)28)30-20(34)12-31-6-3-14(4-7-31)11-32-8-5-15(23(32)35)9-16-13-39-25-21(29)24(36)33(25)22(16)26(37)38;3-2(4,5)1(6)7/h1-4,6-7,9-10,21,25H,5,8,11-13,29H2,(H-,30,34,37,38);(H,6,7)/b15-9+;/t21-,25-;/m1./s1. The van der Waals surface area contributed by atoms with E-state index < -0.39 is 53.0 Å². The number of allylic oxidation sites excluding steroid dienone is 1. The van der Waals surface area contributed by atoms with Gasteiger partial charge in [-0.3, -0.25) is 19.3 Å². The molecule has 3 aliphatic heterocycles. The van der Waals surface area contributed by atoms with Crippen LogP contribution < -0.4 is 20.7 Å². The molecule has 4 heterocycles. The molecule has 0 aliphatic carbocycles. The predicted octanol–water partition coefficient (Wildman–Crippen LogP) is 0.429. The number of carbonyl (C=O) groups is 5. The Labute approximate surface area is 260 Å². The summed E-state index contributed by atoms with van der Waals surface area (Å²) in [6.07, 6.45) is 0.206. The Kier molecular flexibility index (Phi) is 10.1. The van der Waals surface area contributed by atoms with Gasteiger partial charge in [-0.05, 0) is 35.8 Å².